The first-order chi connectivity index (χ1) is 7.24. The second kappa shape index (κ2) is 6.59. The molecule has 0 saturated carbocycles. The monoisotopic (exact) mass is 207 g/mol. The Kier molecular flexibility index (Phi) is 5.37. The molecular weight excluding hydrogens is 186 g/mol. The van der Waals surface area contributed by atoms with E-state index in [1.54, 1.807) is 0 Å². The zero-order valence-electron chi connectivity index (χ0n) is 9.66. The van der Waals surface area contributed by atoms with Crippen molar-refractivity contribution in [1.82, 2.24) is 5.32 Å². The number of rotatable bonds is 6. The summed E-state index contributed by atoms with van der Waals surface area (Å²) in [7, 11) is 0. The Morgan fingerprint density at radius 1 is 1.27 bits per heavy atom. The Balaban J connectivity index is 2.36. The number of aliphatic hydroxyl groups excluding tert-OH is 1. The van der Waals surface area contributed by atoms with Gasteiger partial charge in [-0.25, -0.2) is 0 Å². The van der Waals surface area contributed by atoms with Gasteiger partial charge in [-0.05, 0) is 37.4 Å². The average Bonchev–Trinajstić information content (AvgIpc) is 2.24. The van der Waals surface area contributed by atoms with Crippen molar-refractivity contribution >= 4 is 0 Å². The number of nitrogens with one attached hydrogen (secondary N) is 1. The Bertz CT molecular complexity index is 284. The molecule has 2 N–H and O–H groups in total. The highest BCUT2D eigenvalue weighted by atomic mass is 16.3. The molecule has 0 bridgehead atoms. The summed E-state index contributed by atoms with van der Waals surface area (Å²) in [5, 5.41) is 12.5. The molecule has 0 saturated heterocycles. The summed E-state index contributed by atoms with van der Waals surface area (Å²) < 4.78 is 0. The van der Waals surface area contributed by atoms with Crippen LogP contribution < -0.4 is 5.32 Å². The predicted molar refractivity (Wildman–Crippen MR) is 63.8 cm³/mol. The molecule has 0 radical (unpaired) electrons. The fraction of sp³-hybridized carbons (Fsp3) is 0.538. The van der Waals surface area contributed by atoms with Crippen LogP contribution in [-0.2, 0) is 13.0 Å². The molecule has 0 aliphatic heterocycles. The average molecular weight is 207 g/mol. The highest BCUT2D eigenvalue weighted by molar-refractivity contribution is 5.26. The van der Waals surface area contributed by atoms with Crippen LogP contribution in [0.25, 0.3) is 0 Å². The molecule has 0 aliphatic rings. The van der Waals surface area contributed by atoms with Gasteiger partial charge in [0, 0.05) is 6.54 Å². The van der Waals surface area contributed by atoms with Crippen molar-refractivity contribution in [3.05, 3.63) is 35.4 Å². The molecule has 0 aliphatic carbocycles. The smallest absolute Gasteiger partial charge is 0.0524 e. The van der Waals surface area contributed by atoms with Crippen molar-refractivity contribution < 1.29 is 5.11 Å². The molecule has 0 amide bonds. The number of aliphatic hydroxyl groups is 1. The molecule has 0 heterocycles. The van der Waals surface area contributed by atoms with Crippen molar-refractivity contribution in [3.63, 3.8) is 0 Å². The van der Waals surface area contributed by atoms with Crippen molar-refractivity contribution in [2.75, 3.05) is 6.54 Å². The van der Waals surface area contributed by atoms with Gasteiger partial charge in [-0.3, -0.25) is 0 Å². The Morgan fingerprint density at radius 2 is 1.93 bits per heavy atom. The van der Waals surface area contributed by atoms with Crippen LogP contribution in [0.15, 0.2) is 24.3 Å². The van der Waals surface area contributed by atoms with E-state index in [1.165, 1.54) is 11.1 Å². The zero-order chi connectivity index (χ0) is 11.1. The van der Waals surface area contributed by atoms with Gasteiger partial charge in [0.15, 0.2) is 0 Å². The van der Waals surface area contributed by atoms with E-state index in [-0.39, 0.29) is 6.10 Å². The van der Waals surface area contributed by atoms with Crippen molar-refractivity contribution in [2.24, 2.45) is 0 Å². The lowest BCUT2D eigenvalue weighted by Crippen LogP contribution is -2.19. The van der Waals surface area contributed by atoms with Crippen molar-refractivity contribution in [2.45, 2.75) is 39.3 Å². The number of benzene rings is 1. The fourth-order valence-corrected chi connectivity index (χ4v) is 1.61. The number of hydrogen-bond acceptors (Lipinski definition) is 2. The van der Waals surface area contributed by atoms with Gasteiger partial charge in [0.1, 0.15) is 0 Å². The molecule has 1 atom stereocenters. The third-order valence-corrected chi connectivity index (χ3v) is 2.55. The molecular formula is C13H21NO. The van der Waals surface area contributed by atoms with Crippen LogP contribution in [0.4, 0.5) is 0 Å². The molecule has 15 heavy (non-hydrogen) atoms. The minimum Gasteiger partial charge on any atom is -0.393 e. The predicted octanol–water partition coefficient (Wildman–Crippen LogP) is 2.11. The summed E-state index contributed by atoms with van der Waals surface area (Å²) in [6.07, 6.45) is 1.68. The van der Waals surface area contributed by atoms with Gasteiger partial charge < -0.3 is 10.4 Å². The minimum absolute atomic E-state index is 0.209. The maximum atomic E-state index is 9.11. The molecule has 84 valence electrons. The first-order valence-corrected chi connectivity index (χ1v) is 5.69. The maximum Gasteiger partial charge on any atom is 0.0524 e. The van der Waals surface area contributed by atoms with Crippen LogP contribution in [0.1, 0.15) is 31.4 Å². The van der Waals surface area contributed by atoms with Crippen molar-refractivity contribution in [1.29, 1.82) is 0 Å². The van der Waals surface area contributed by atoms with Gasteiger partial charge in [0.2, 0.25) is 0 Å². The van der Waals surface area contributed by atoms with Crippen LogP contribution in [0.5, 0.6) is 0 Å². The molecule has 2 heteroatoms. The number of aryl methyl sites for hydroxylation is 1. The van der Waals surface area contributed by atoms with Crippen molar-refractivity contribution in [3.8, 4) is 0 Å². The normalized spacial score (nSPS) is 12.7. The molecule has 0 fully saturated rings. The lowest BCUT2D eigenvalue weighted by molar-refractivity contribution is 0.183. The first kappa shape index (κ1) is 12.2. The van der Waals surface area contributed by atoms with E-state index in [1.807, 2.05) is 6.92 Å². The minimum atomic E-state index is -0.209. The first-order valence-electron chi connectivity index (χ1n) is 5.69. The van der Waals surface area contributed by atoms with Crippen LogP contribution >= 0.6 is 0 Å². The largest absolute Gasteiger partial charge is 0.393 e. The summed E-state index contributed by atoms with van der Waals surface area (Å²) in [5.74, 6) is 0. The standard InChI is InChI=1S/C13H21NO/c1-3-12-6-4-5-7-13(12)10-14-9-8-11(2)15/h4-7,11,14-15H,3,8-10H2,1-2H3. The van der Waals surface area contributed by atoms with Gasteiger partial charge >= 0.3 is 0 Å². The molecule has 1 unspecified atom stereocenters. The van der Waals surface area contributed by atoms with E-state index in [2.05, 4.69) is 36.5 Å². The van der Waals surface area contributed by atoms with E-state index in [0.29, 0.717) is 0 Å². The van der Waals surface area contributed by atoms with Gasteiger partial charge in [-0.15, -0.1) is 0 Å². The SMILES string of the molecule is CCc1ccccc1CNCCC(C)O. The molecule has 1 aromatic rings. The molecule has 2 nitrogen and oxygen atoms in total. The zero-order valence-corrected chi connectivity index (χ0v) is 9.66. The second-order valence-corrected chi connectivity index (χ2v) is 3.94. The molecule has 0 aromatic heterocycles. The van der Waals surface area contributed by atoms with E-state index in [0.717, 1.165) is 25.9 Å². The highest BCUT2D eigenvalue weighted by Crippen LogP contribution is 2.08. The Hall–Kier alpha value is -0.860. The van der Waals surface area contributed by atoms with Crippen LogP contribution in [0.3, 0.4) is 0 Å². The van der Waals surface area contributed by atoms with E-state index in [4.69, 9.17) is 5.11 Å². The third kappa shape index (κ3) is 4.45. The van der Waals surface area contributed by atoms with E-state index >= 15 is 0 Å². The Morgan fingerprint density at radius 3 is 2.53 bits per heavy atom. The second-order valence-electron chi connectivity index (χ2n) is 3.94. The topological polar surface area (TPSA) is 32.3 Å². The van der Waals surface area contributed by atoms with Gasteiger partial charge in [-0.2, -0.15) is 0 Å². The molecule has 1 aromatic carbocycles. The number of hydrogen-bond donors (Lipinski definition) is 2. The van der Waals surface area contributed by atoms with Crippen LogP contribution in [-0.4, -0.2) is 17.8 Å². The maximum absolute atomic E-state index is 9.11. The summed E-state index contributed by atoms with van der Waals surface area (Å²) in [6, 6.07) is 8.49. The van der Waals surface area contributed by atoms with Crippen LogP contribution in [0.2, 0.25) is 0 Å². The van der Waals surface area contributed by atoms with E-state index < -0.39 is 0 Å². The van der Waals surface area contributed by atoms with Gasteiger partial charge in [-0.1, -0.05) is 31.2 Å². The fourth-order valence-electron chi connectivity index (χ4n) is 1.61. The van der Waals surface area contributed by atoms with E-state index in [9.17, 15) is 0 Å². The van der Waals surface area contributed by atoms with Gasteiger partial charge in [0.05, 0.1) is 6.10 Å². The third-order valence-electron chi connectivity index (χ3n) is 2.55. The molecule has 1 rings (SSSR count). The summed E-state index contributed by atoms with van der Waals surface area (Å²) in [4.78, 5) is 0. The lowest BCUT2D eigenvalue weighted by Gasteiger charge is -2.09. The van der Waals surface area contributed by atoms with Crippen LogP contribution in [0, 0.1) is 0 Å². The quantitative estimate of drug-likeness (QED) is 0.700. The summed E-state index contributed by atoms with van der Waals surface area (Å²) in [5.41, 5.74) is 2.77. The Labute approximate surface area is 92.3 Å². The van der Waals surface area contributed by atoms with Gasteiger partial charge in [0.25, 0.3) is 0 Å². The lowest BCUT2D eigenvalue weighted by atomic mass is 10.1. The summed E-state index contributed by atoms with van der Waals surface area (Å²) in [6.45, 7) is 5.77. The highest BCUT2D eigenvalue weighted by Gasteiger charge is 1.99. The summed E-state index contributed by atoms with van der Waals surface area (Å²) >= 11 is 0. The molecule has 0 spiro atoms.